The number of nitrogens with zero attached hydrogens (tertiary/aromatic N) is 5. The average molecular weight is 293 g/mol. The van der Waals surface area contributed by atoms with Gasteiger partial charge in [-0.15, -0.1) is 5.10 Å². The number of carboxylic acid groups (broad SMARTS) is 1. The Hall–Kier alpha value is -2.12. The first-order valence-corrected chi connectivity index (χ1v) is 7.23. The lowest BCUT2D eigenvalue weighted by Crippen LogP contribution is -2.56. The average Bonchev–Trinajstić information content (AvgIpc) is 3.07. The lowest BCUT2D eigenvalue weighted by molar-refractivity contribution is 0.0689. The molecular formula is C13H19N5O3. The second-order valence-corrected chi connectivity index (χ2v) is 5.78. The SMILES string of the molecule is CN(C(=O)N1CC(n2cc(C(=O)O)nn2)C1)C1CCCC1. The fraction of sp³-hybridized carbons (Fsp3) is 0.692. The van der Waals surface area contributed by atoms with Crippen LogP contribution >= 0.6 is 0 Å². The third kappa shape index (κ3) is 2.57. The van der Waals surface area contributed by atoms with Crippen molar-refractivity contribution in [1.29, 1.82) is 0 Å². The maximum atomic E-state index is 12.3. The van der Waals surface area contributed by atoms with E-state index in [4.69, 9.17) is 5.11 Å². The molecule has 1 saturated carbocycles. The molecule has 0 aromatic carbocycles. The number of hydrogen-bond acceptors (Lipinski definition) is 4. The summed E-state index contributed by atoms with van der Waals surface area (Å²) in [5, 5.41) is 16.2. The molecule has 2 amide bonds. The summed E-state index contributed by atoms with van der Waals surface area (Å²) in [6.45, 7) is 1.11. The molecule has 1 saturated heterocycles. The minimum Gasteiger partial charge on any atom is -0.476 e. The number of carbonyl (C=O) groups excluding carboxylic acids is 1. The molecule has 2 fully saturated rings. The van der Waals surface area contributed by atoms with E-state index in [-0.39, 0.29) is 17.8 Å². The predicted octanol–water partition coefficient (Wildman–Crippen LogP) is 0.827. The van der Waals surface area contributed by atoms with Crippen molar-refractivity contribution in [3.05, 3.63) is 11.9 Å². The van der Waals surface area contributed by atoms with Crippen LogP contribution in [-0.4, -0.2) is 68.1 Å². The molecule has 1 aliphatic heterocycles. The highest BCUT2D eigenvalue weighted by molar-refractivity contribution is 5.84. The van der Waals surface area contributed by atoms with E-state index < -0.39 is 5.97 Å². The lowest BCUT2D eigenvalue weighted by Gasteiger charge is -2.42. The van der Waals surface area contributed by atoms with Gasteiger partial charge >= 0.3 is 12.0 Å². The highest BCUT2D eigenvalue weighted by Gasteiger charge is 2.36. The number of carbonyl (C=O) groups is 2. The molecule has 0 unspecified atom stereocenters. The Morgan fingerprint density at radius 2 is 2.00 bits per heavy atom. The van der Waals surface area contributed by atoms with Crippen LogP contribution in [0.2, 0.25) is 0 Å². The fourth-order valence-electron chi connectivity index (χ4n) is 3.00. The number of likely N-dealkylation sites (tertiary alicyclic amines) is 1. The molecular weight excluding hydrogens is 274 g/mol. The van der Waals surface area contributed by atoms with Crippen molar-refractivity contribution in [3.8, 4) is 0 Å². The van der Waals surface area contributed by atoms with Gasteiger partial charge in [-0.3, -0.25) is 0 Å². The zero-order valence-electron chi connectivity index (χ0n) is 12.0. The molecule has 8 heteroatoms. The Kier molecular flexibility index (Phi) is 3.52. The molecule has 0 atom stereocenters. The molecule has 114 valence electrons. The monoisotopic (exact) mass is 293 g/mol. The molecule has 0 bridgehead atoms. The Bertz CT molecular complexity index is 546. The fourth-order valence-corrected chi connectivity index (χ4v) is 3.00. The number of hydrogen-bond donors (Lipinski definition) is 1. The van der Waals surface area contributed by atoms with E-state index >= 15 is 0 Å². The first-order valence-electron chi connectivity index (χ1n) is 7.23. The third-order valence-corrected chi connectivity index (χ3v) is 4.41. The highest BCUT2D eigenvalue weighted by Crippen LogP contribution is 2.26. The van der Waals surface area contributed by atoms with Gasteiger partial charge < -0.3 is 14.9 Å². The van der Waals surface area contributed by atoms with E-state index in [0.29, 0.717) is 19.1 Å². The summed E-state index contributed by atoms with van der Waals surface area (Å²) in [4.78, 5) is 26.7. The number of aromatic nitrogens is 3. The van der Waals surface area contributed by atoms with Gasteiger partial charge in [-0.2, -0.15) is 0 Å². The standard InChI is InChI=1S/C13H19N5O3/c1-16(9-4-2-3-5-9)13(21)17-6-10(7-17)18-8-11(12(19)20)14-15-18/h8-10H,2-7H2,1H3,(H,19,20). The predicted molar refractivity (Wildman–Crippen MR) is 73.0 cm³/mol. The number of carboxylic acids is 1. The van der Waals surface area contributed by atoms with Gasteiger partial charge in [0.2, 0.25) is 0 Å². The van der Waals surface area contributed by atoms with E-state index in [1.807, 2.05) is 11.9 Å². The maximum absolute atomic E-state index is 12.3. The smallest absolute Gasteiger partial charge is 0.358 e. The number of urea groups is 1. The zero-order chi connectivity index (χ0) is 15.0. The van der Waals surface area contributed by atoms with E-state index in [9.17, 15) is 9.59 Å². The molecule has 8 nitrogen and oxygen atoms in total. The van der Waals surface area contributed by atoms with E-state index in [2.05, 4.69) is 10.3 Å². The van der Waals surface area contributed by atoms with E-state index in [0.717, 1.165) is 12.8 Å². The third-order valence-electron chi connectivity index (χ3n) is 4.41. The van der Waals surface area contributed by atoms with Gasteiger partial charge in [0.25, 0.3) is 0 Å². The highest BCUT2D eigenvalue weighted by atomic mass is 16.4. The molecule has 3 rings (SSSR count). The molecule has 2 heterocycles. The van der Waals surface area contributed by atoms with Crippen molar-refractivity contribution in [2.75, 3.05) is 20.1 Å². The van der Waals surface area contributed by atoms with Crippen molar-refractivity contribution in [1.82, 2.24) is 24.8 Å². The molecule has 0 radical (unpaired) electrons. The lowest BCUT2D eigenvalue weighted by atomic mass is 10.1. The van der Waals surface area contributed by atoms with Crippen LogP contribution in [0.3, 0.4) is 0 Å². The van der Waals surface area contributed by atoms with Crippen LogP contribution < -0.4 is 0 Å². The van der Waals surface area contributed by atoms with Crippen molar-refractivity contribution >= 4 is 12.0 Å². The molecule has 1 N–H and O–H groups in total. The number of amides is 2. The molecule has 1 aromatic rings. The Balaban J connectivity index is 1.54. The maximum Gasteiger partial charge on any atom is 0.358 e. The summed E-state index contributed by atoms with van der Waals surface area (Å²) in [5.41, 5.74) is -0.0668. The summed E-state index contributed by atoms with van der Waals surface area (Å²) in [6, 6.07) is 0.435. The van der Waals surface area contributed by atoms with Gasteiger partial charge in [0, 0.05) is 26.2 Å². The number of aromatic carboxylic acids is 1. The topological polar surface area (TPSA) is 91.6 Å². The summed E-state index contributed by atoms with van der Waals surface area (Å²) in [5.74, 6) is -1.09. The quantitative estimate of drug-likeness (QED) is 0.891. The van der Waals surface area contributed by atoms with Gasteiger partial charge in [0.05, 0.1) is 12.2 Å². The van der Waals surface area contributed by atoms with Crippen LogP contribution in [0.1, 0.15) is 42.2 Å². The van der Waals surface area contributed by atoms with Crippen molar-refractivity contribution < 1.29 is 14.7 Å². The van der Waals surface area contributed by atoms with E-state index in [1.165, 1.54) is 23.7 Å². The minimum atomic E-state index is -1.09. The van der Waals surface area contributed by atoms with E-state index in [1.54, 1.807) is 4.90 Å². The van der Waals surface area contributed by atoms with Crippen LogP contribution in [0.25, 0.3) is 0 Å². The van der Waals surface area contributed by atoms with Crippen molar-refractivity contribution in [2.45, 2.75) is 37.8 Å². The van der Waals surface area contributed by atoms with Gasteiger partial charge in [0.1, 0.15) is 0 Å². The second kappa shape index (κ2) is 5.34. The molecule has 1 aliphatic carbocycles. The largest absolute Gasteiger partial charge is 0.476 e. The number of rotatable bonds is 3. The first kappa shape index (κ1) is 13.8. The summed E-state index contributed by atoms with van der Waals surface area (Å²) < 4.78 is 1.53. The van der Waals surface area contributed by atoms with Crippen molar-refractivity contribution in [3.63, 3.8) is 0 Å². The van der Waals surface area contributed by atoms with Gasteiger partial charge in [0.15, 0.2) is 5.69 Å². The minimum absolute atomic E-state index is 0.0199. The summed E-state index contributed by atoms with van der Waals surface area (Å²) in [7, 11) is 1.86. The normalized spacial score (nSPS) is 19.6. The molecule has 2 aliphatic rings. The first-order chi connectivity index (χ1) is 10.1. The van der Waals surface area contributed by atoms with Crippen LogP contribution in [0, 0.1) is 0 Å². The van der Waals surface area contributed by atoms with Crippen molar-refractivity contribution in [2.24, 2.45) is 0 Å². The second-order valence-electron chi connectivity index (χ2n) is 5.78. The Labute approximate surface area is 122 Å². The van der Waals surface area contributed by atoms with Crippen LogP contribution in [-0.2, 0) is 0 Å². The molecule has 1 aromatic heterocycles. The van der Waals surface area contributed by atoms with Gasteiger partial charge in [-0.05, 0) is 12.8 Å². The van der Waals surface area contributed by atoms with Crippen LogP contribution in [0.15, 0.2) is 6.20 Å². The Morgan fingerprint density at radius 1 is 1.33 bits per heavy atom. The van der Waals surface area contributed by atoms with Crippen LogP contribution in [0.4, 0.5) is 4.79 Å². The Morgan fingerprint density at radius 3 is 2.57 bits per heavy atom. The summed E-state index contributed by atoms with van der Waals surface area (Å²) >= 11 is 0. The summed E-state index contributed by atoms with van der Waals surface area (Å²) in [6.07, 6.45) is 5.98. The van der Waals surface area contributed by atoms with Gasteiger partial charge in [-0.1, -0.05) is 18.1 Å². The molecule has 21 heavy (non-hydrogen) atoms. The van der Waals surface area contributed by atoms with Gasteiger partial charge in [-0.25, -0.2) is 14.3 Å². The van der Waals surface area contributed by atoms with Crippen LogP contribution in [0.5, 0.6) is 0 Å². The zero-order valence-corrected chi connectivity index (χ0v) is 12.0. The molecule has 0 spiro atoms.